The monoisotopic (exact) mass is 187 g/mol. The molecule has 60 valence electrons. The van der Waals surface area contributed by atoms with E-state index in [9.17, 15) is 0 Å². The van der Waals surface area contributed by atoms with Gasteiger partial charge in [-0.3, -0.25) is 0 Å². The van der Waals surface area contributed by atoms with Crippen molar-refractivity contribution >= 4 is 29.7 Å². The van der Waals surface area contributed by atoms with Crippen molar-refractivity contribution in [3.05, 3.63) is 34.9 Å². The smallest absolute Gasteiger partial charge is 0.0450 e. The topological polar surface area (TPSA) is 26.0 Å². The van der Waals surface area contributed by atoms with Crippen LogP contribution in [0.5, 0.6) is 0 Å². The minimum Gasteiger partial charge on any atom is -0.326 e. The molecule has 0 saturated heterocycles. The van der Waals surface area contributed by atoms with Crippen LogP contribution < -0.4 is 5.73 Å². The van der Waals surface area contributed by atoms with Gasteiger partial charge in [0.2, 0.25) is 0 Å². The molecule has 2 N–H and O–H groups in total. The van der Waals surface area contributed by atoms with Gasteiger partial charge in [0.15, 0.2) is 0 Å². The highest BCUT2D eigenvalue weighted by molar-refractivity contribution is 7.77. The van der Waals surface area contributed by atoms with E-state index in [2.05, 4.69) is 18.1 Å². The fourth-order valence-corrected chi connectivity index (χ4v) is 0.877. The standard InChI is InChI=1S/C7H8ClN.CH2S/c8-7-4-2-1-3-6(7)5-9;1-2/h1-4H,5,9H2;1H2. The molecule has 1 aromatic carbocycles. The number of hydrogen-bond acceptors (Lipinski definition) is 2. The Morgan fingerprint density at radius 2 is 1.91 bits per heavy atom. The molecule has 0 aliphatic heterocycles. The number of thiocarbonyl (C=S) groups is 1. The third-order valence-corrected chi connectivity index (χ3v) is 1.55. The number of benzene rings is 1. The summed E-state index contributed by atoms with van der Waals surface area (Å²) in [6.45, 7) is 0.514. The molecule has 0 bridgehead atoms. The molecule has 0 amide bonds. The highest BCUT2D eigenvalue weighted by atomic mass is 35.5. The van der Waals surface area contributed by atoms with Gasteiger partial charge >= 0.3 is 0 Å². The Bertz CT molecular complexity index is 215. The minimum atomic E-state index is 0.514. The summed E-state index contributed by atoms with van der Waals surface area (Å²) in [4.78, 5) is 0. The molecule has 0 radical (unpaired) electrons. The van der Waals surface area contributed by atoms with Crippen LogP contribution >= 0.6 is 23.8 Å². The largest absolute Gasteiger partial charge is 0.326 e. The predicted molar refractivity (Wildman–Crippen MR) is 54.1 cm³/mol. The van der Waals surface area contributed by atoms with Crippen molar-refractivity contribution in [3.8, 4) is 0 Å². The van der Waals surface area contributed by atoms with Gasteiger partial charge in [-0.15, -0.1) is 0 Å². The molecule has 0 unspecified atom stereocenters. The Hall–Kier alpha value is -0.440. The van der Waals surface area contributed by atoms with Crippen molar-refractivity contribution < 1.29 is 0 Å². The fraction of sp³-hybridized carbons (Fsp3) is 0.125. The zero-order valence-electron chi connectivity index (χ0n) is 6.09. The van der Waals surface area contributed by atoms with Crippen LogP contribution in [0.25, 0.3) is 0 Å². The second kappa shape index (κ2) is 6.28. The molecule has 1 rings (SSSR count). The molecule has 0 spiro atoms. The molecule has 0 heterocycles. The van der Waals surface area contributed by atoms with E-state index < -0.39 is 0 Å². The van der Waals surface area contributed by atoms with Gasteiger partial charge in [0.05, 0.1) is 0 Å². The van der Waals surface area contributed by atoms with E-state index in [4.69, 9.17) is 17.3 Å². The summed E-state index contributed by atoms with van der Waals surface area (Å²) in [5.41, 5.74) is 6.37. The van der Waals surface area contributed by atoms with Crippen molar-refractivity contribution in [3.63, 3.8) is 0 Å². The zero-order valence-corrected chi connectivity index (χ0v) is 7.66. The normalized spacial score (nSPS) is 8.18. The van der Waals surface area contributed by atoms with Crippen LogP contribution in [0, 0.1) is 0 Å². The Kier molecular flexibility index (Phi) is 6.03. The quantitative estimate of drug-likeness (QED) is 0.684. The van der Waals surface area contributed by atoms with Gasteiger partial charge in [0.1, 0.15) is 0 Å². The summed E-state index contributed by atoms with van der Waals surface area (Å²) in [7, 11) is 0. The van der Waals surface area contributed by atoms with Crippen molar-refractivity contribution in [1.82, 2.24) is 0 Å². The lowest BCUT2D eigenvalue weighted by Crippen LogP contribution is -1.95. The van der Waals surface area contributed by atoms with Crippen LogP contribution in [0.4, 0.5) is 0 Å². The Morgan fingerprint density at radius 3 is 2.27 bits per heavy atom. The first kappa shape index (κ1) is 10.6. The maximum Gasteiger partial charge on any atom is 0.0450 e. The molecule has 0 aromatic heterocycles. The lowest BCUT2D eigenvalue weighted by Gasteiger charge is -1.96. The van der Waals surface area contributed by atoms with Crippen LogP contribution in [0.2, 0.25) is 5.02 Å². The summed E-state index contributed by atoms with van der Waals surface area (Å²) in [5, 5.41) is 0.750. The summed E-state index contributed by atoms with van der Waals surface area (Å²) < 4.78 is 0. The van der Waals surface area contributed by atoms with E-state index in [0.717, 1.165) is 10.6 Å². The SMILES string of the molecule is C=S.NCc1ccccc1Cl. The van der Waals surface area contributed by atoms with Crippen molar-refractivity contribution in [1.29, 1.82) is 0 Å². The third-order valence-electron chi connectivity index (χ3n) is 1.18. The molecule has 0 saturated carbocycles. The van der Waals surface area contributed by atoms with Crippen LogP contribution in [0.3, 0.4) is 0 Å². The molecule has 1 aromatic rings. The lowest BCUT2D eigenvalue weighted by molar-refractivity contribution is 1.07. The molecular weight excluding hydrogens is 178 g/mol. The lowest BCUT2D eigenvalue weighted by atomic mass is 10.2. The highest BCUT2D eigenvalue weighted by Gasteiger charge is 1.92. The van der Waals surface area contributed by atoms with Crippen LogP contribution in [-0.2, 0) is 6.54 Å². The first-order valence-corrected chi connectivity index (χ1v) is 4.02. The number of hydrogen-bond donors (Lipinski definition) is 1. The molecule has 11 heavy (non-hydrogen) atoms. The zero-order chi connectivity index (χ0) is 8.69. The first-order chi connectivity index (χ1) is 5.34. The van der Waals surface area contributed by atoms with Gasteiger partial charge in [-0.1, -0.05) is 42.0 Å². The Morgan fingerprint density at radius 1 is 1.36 bits per heavy atom. The van der Waals surface area contributed by atoms with Crippen molar-refractivity contribution in [2.75, 3.05) is 0 Å². The summed E-state index contributed by atoms with van der Waals surface area (Å²) in [5.74, 6) is 2.83. The molecule has 1 nitrogen and oxygen atoms in total. The second-order valence-electron chi connectivity index (χ2n) is 1.80. The minimum absolute atomic E-state index is 0.514. The molecule has 0 atom stereocenters. The molecule has 0 aliphatic rings. The van der Waals surface area contributed by atoms with Crippen LogP contribution in [0.1, 0.15) is 5.56 Å². The van der Waals surface area contributed by atoms with E-state index in [1.54, 1.807) is 0 Å². The van der Waals surface area contributed by atoms with E-state index in [1.165, 1.54) is 0 Å². The maximum atomic E-state index is 5.74. The number of halogens is 1. The van der Waals surface area contributed by atoms with Gasteiger partial charge in [0.25, 0.3) is 0 Å². The molecule has 0 aliphatic carbocycles. The Balaban J connectivity index is 0.000000461. The number of rotatable bonds is 1. The number of nitrogens with two attached hydrogens (primary N) is 1. The average molecular weight is 188 g/mol. The van der Waals surface area contributed by atoms with E-state index >= 15 is 0 Å². The predicted octanol–water partition coefficient (Wildman–Crippen LogP) is 2.41. The van der Waals surface area contributed by atoms with Crippen molar-refractivity contribution in [2.24, 2.45) is 5.73 Å². The van der Waals surface area contributed by atoms with E-state index in [0.29, 0.717) is 6.54 Å². The summed E-state index contributed by atoms with van der Waals surface area (Å²) >= 11 is 9.58. The summed E-state index contributed by atoms with van der Waals surface area (Å²) in [6, 6.07) is 7.57. The Labute approximate surface area is 77.2 Å². The molecule has 3 heteroatoms. The molecular formula is C8H10ClNS. The summed E-state index contributed by atoms with van der Waals surface area (Å²) in [6.07, 6.45) is 0. The van der Waals surface area contributed by atoms with Gasteiger partial charge in [-0.2, -0.15) is 0 Å². The first-order valence-electron chi connectivity index (χ1n) is 3.07. The van der Waals surface area contributed by atoms with E-state index in [1.807, 2.05) is 24.3 Å². The maximum absolute atomic E-state index is 5.74. The third kappa shape index (κ3) is 3.46. The van der Waals surface area contributed by atoms with Gasteiger partial charge in [0, 0.05) is 11.6 Å². The van der Waals surface area contributed by atoms with Crippen molar-refractivity contribution in [2.45, 2.75) is 6.54 Å². The van der Waals surface area contributed by atoms with Gasteiger partial charge < -0.3 is 5.73 Å². The van der Waals surface area contributed by atoms with Gasteiger partial charge in [-0.05, 0) is 17.5 Å². The second-order valence-corrected chi connectivity index (χ2v) is 2.20. The molecule has 0 fully saturated rings. The van der Waals surface area contributed by atoms with Gasteiger partial charge in [-0.25, -0.2) is 0 Å². The van der Waals surface area contributed by atoms with E-state index in [-0.39, 0.29) is 0 Å². The highest BCUT2D eigenvalue weighted by Crippen LogP contribution is 2.12. The van der Waals surface area contributed by atoms with Crippen LogP contribution in [-0.4, -0.2) is 5.87 Å². The fourth-order valence-electron chi connectivity index (χ4n) is 0.664. The van der Waals surface area contributed by atoms with Crippen LogP contribution in [0.15, 0.2) is 24.3 Å². The average Bonchev–Trinajstić information content (AvgIpc) is 2.09.